The van der Waals surface area contributed by atoms with E-state index in [4.69, 9.17) is 9.47 Å². The Kier molecular flexibility index (Phi) is 5.13. The van der Waals surface area contributed by atoms with Crippen molar-refractivity contribution >= 4 is 34.0 Å². The van der Waals surface area contributed by atoms with Crippen LogP contribution < -0.4 is 20.1 Å². The molecule has 2 N–H and O–H groups in total. The third-order valence-electron chi connectivity index (χ3n) is 4.11. The molecule has 0 fully saturated rings. The second kappa shape index (κ2) is 7.88. The zero-order chi connectivity index (χ0) is 20.4. The fourth-order valence-corrected chi connectivity index (χ4v) is 3.63. The molecule has 148 valence electrons. The summed E-state index contributed by atoms with van der Waals surface area (Å²) in [6.45, 7) is 2.61. The molecule has 0 bridgehead atoms. The van der Waals surface area contributed by atoms with Crippen LogP contribution >= 0.6 is 11.3 Å². The normalized spacial score (nSPS) is 12.3. The quantitative estimate of drug-likeness (QED) is 0.678. The van der Waals surface area contributed by atoms with E-state index in [0.29, 0.717) is 41.0 Å². The Bertz CT molecular complexity index is 1100. The maximum Gasteiger partial charge on any atom is 0.267 e. The number of nitrogens with zero attached hydrogens (tertiary/aromatic N) is 1. The van der Waals surface area contributed by atoms with Gasteiger partial charge < -0.3 is 14.8 Å². The van der Waals surface area contributed by atoms with E-state index < -0.39 is 11.7 Å². The Morgan fingerprint density at radius 3 is 2.62 bits per heavy atom. The Morgan fingerprint density at radius 2 is 1.83 bits per heavy atom. The Labute approximate surface area is 169 Å². The Morgan fingerprint density at radius 1 is 1.03 bits per heavy atom. The summed E-state index contributed by atoms with van der Waals surface area (Å²) in [6.07, 6.45) is 0. The average molecular weight is 413 g/mol. The highest BCUT2D eigenvalue weighted by atomic mass is 32.1. The first kappa shape index (κ1) is 18.9. The molecule has 7 nitrogen and oxygen atoms in total. The lowest BCUT2D eigenvalue weighted by Gasteiger charge is -2.18. The van der Waals surface area contributed by atoms with Gasteiger partial charge in [0.05, 0.1) is 5.69 Å². The minimum absolute atomic E-state index is 0.167. The number of fused-ring (bicyclic) bond motifs is 1. The standard InChI is InChI=1S/C20H16FN3O4S/c1-11-17(19(26)23-14-5-6-15-16(10-14)28-8-7-27-15)29-20(22-11)24-18(25)12-3-2-4-13(21)9-12/h2-6,9-10H,7-8H2,1H3,(H,23,26)(H,22,24,25). The fourth-order valence-electron chi connectivity index (χ4n) is 2.77. The number of nitrogens with one attached hydrogen (secondary N) is 2. The number of ether oxygens (including phenoxy) is 2. The van der Waals surface area contributed by atoms with E-state index in [1.54, 1.807) is 25.1 Å². The van der Waals surface area contributed by atoms with E-state index in [-0.39, 0.29) is 16.6 Å². The number of benzene rings is 2. The van der Waals surface area contributed by atoms with E-state index >= 15 is 0 Å². The fraction of sp³-hybridized carbons (Fsp3) is 0.150. The number of halogens is 1. The number of carbonyl (C=O) groups is 2. The van der Waals surface area contributed by atoms with Crippen molar-refractivity contribution in [2.24, 2.45) is 0 Å². The SMILES string of the molecule is Cc1nc(NC(=O)c2cccc(F)c2)sc1C(=O)Nc1ccc2c(c1)OCCO2. The van der Waals surface area contributed by atoms with Gasteiger partial charge in [-0.15, -0.1) is 0 Å². The lowest BCUT2D eigenvalue weighted by molar-refractivity contribution is 0.101. The Hall–Kier alpha value is -3.46. The average Bonchev–Trinajstić information content (AvgIpc) is 3.08. The van der Waals surface area contributed by atoms with Crippen LogP contribution in [0.25, 0.3) is 0 Å². The van der Waals surface area contributed by atoms with Crippen LogP contribution in [0.2, 0.25) is 0 Å². The van der Waals surface area contributed by atoms with E-state index in [9.17, 15) is 14.0 Å². The number of thiazole rings is 1. The summed E-state index contributed by atoms with van der Waals surface area (Å²) < 4.78 is 24.3. The molecule has 0 unspecified atom stereocenters. The van der Waals surface area contributed by atoms with E-state index in [1.807, 2.05) is 0 Å². The van der Waals surface area contributed by atoms with Crippen molar-refractivity contribution < 1.29 is 23.5 Å². The second-order valence-corrected chi connectivity index (χ2v) is 7.21. The second-order valence-electron chi connectivity index (χ2n) is 6.21. The number of carbonyl (C=O) groups excluding carboxylic acids is 2. The lowest BCUT2D eigenvalue weighted by atomic mass is 10.2. The van der Waals surface area contributed by atoms with E-state index in [0.717, 1.165) is 17.4 Å². The first-order chi connectivity index (χ1) is 14.0. The summed E-state index contributed by atoms with van der Waals surface area (Å²) in [7, 11) is 0. The van der Waals surface area contributed by atoms with Crippen molar-refractivity contribution in [2.75, 3.05) is 23.8 Å². The zero-order valence-electron chi connectivity index (χ0n) is 15.3. The summed E-state index contributed by atoms with van der Waals surface area (Å²) in [5.41, 5.74) is 1.19. The number of aryl methyl sites for hydroxylation is 1. The van der Waals surface area contributed by atoms with Gasteiger partial charge in [0.25, 0.3) is 11.8 Å². The largest absolute Gasteiger partial charge is 0.486 e. The third-order valence-corrected chi connectivity index (χ3v) is 5.18. The van der Waals surface area contributed by atoms with Crippen molar-refractivity contribution in [1.82, 2.24) is 4.98 Å². The van der Waals surface area contributed by atoms with E-state index in [2.05, 4.69) is 15.6 Å². The summed E-state index contributed by atoms with van der Waals surface area (Å²) in [6, 6.07) is 10.5. The molecule has 1 aliphatic heterocycles. The number of anilines is 2. The molecule has 0 saturated heterocycles. The highest BCUT2D eigenvalue weighted by Gasteiger charge is 2.19. The van der Waals surface area contributed by atoms with Crippen molar-refractivity contribution in [3.8, 4) is 11.5 Å². The van der Waals surface area contributed by atoms with Crippen LogP contribution in [0.1, 0.15) is 25.7 Å². The number of aromatic nitrogens is 1. The molecule has 0 saturated carbocycles. The maximum atomic E-state index is 13.3. The first-order valence-electron chi connectivity index (χ1n) is 8.75. The highest BCUT2D eigenvalue weighted by molar-refractivity contribution is 7.17. The minimum atomic E-state index is -0.507. The number of hydrogen-bond donors (Lipinski definition) is 2. The van der Waals surface area contributed by atoms with Gasteiger partial charge in [-0.05, 0) is 37.3 Å². The molecule has 4 rings (SSSR count). The number of hydrogen-bond acceptors (Lipinski definition) is 6. The Balaban J connectivity index is 1.47. The molecule has 0 atom stereocenters. The van der Waals surface area contributed by atoms with Gasteiger partial charge in [-0.2, -0.15) is 0 Å². The zero-order valence-corrected chi connectivity index (χ0v) is 16.1. The van der Waals surface area contributed by atoms with Gasteiger partial charge in [-0.25, -0.2) is 9.37 Å². The molecule has 2 heterocycles. The van der Waals surface area contributed by atoms with Crippen LogP contribution in [0.5, 0.6) is 11.5 Å². The van der Waals surface area contributed by atoms with Gasteiger partial charge >= 0.3 is 0 Å². The van der Waals surface area contributed by atoms with Crippen LogP contribution in [0.15, 0.2) is 42.5 Å². The molecule has 0 radical (unpaired) electrons. The monoisotopic (exact) mass is 413 g/mol. The van der Waals surface area contributed by atoms with Crippen LogP contribution in [-0.2, 0) is 0 Å². The van der Waals surface area contributed by atoms with Crippen LogP contribution in [0.4, 0.5) is 15.2 Å². The topological polar surface area (TPSA) is 89.6 Å². The molecular formula is C20H16FN3O4S. The van der Waals surface area contributed by atoms with Gasteiger partial charge in [0, 0.05) is 17.3 Å². The smallest absolute Gasteiger partial charge is 0.267 e. The number of amides is 2. The van der Waals surface area contributed by atoms with Crippen molar-refractivity contribution in [1.29, 1.82) is 0 Å². The predicted octanol–water partition coefficient (Wildman–Crippen LogP) is 3.87. The summed E-state index contributed by atoms with van der Waals surface area (Å²) >= 11 is 1.04. The van der Waals surface area contributed by atoms with Crippen molar-refractivity contribution in [2.45, 2.75) is 6.92 Å². The van der Waals surface area contributed by atoms with Crippen molar-refractivity contribution in [3.63, 3.8) is 0 Å². The first-order valence-corrected chi connectivity index (χ1v) is 9.56. The molecule has 29 heavy (non-hydrogen) atoms. The van der Waals surface area contributed by atoms with Gasteiger partial charge in [-0.1, -0.05) is 17.4 Å². The maximum absolute atomic E-state index is 13.3. The molecule has 9 heteroatoms. The molecule has 3 aromatic rings. The molecular weight excluding hydrogens is 397 g/mol. The van der Waals surface area contributed by atoms with Gasteiger partial charge in [0.2, 0.25) is 0 Å². The van der Waals surface area contributed by atoms with E-state index in [1.165, 1.54) is 18.2 Å². The van der Waals surface area contributed by atoms with Gasteiger partial charge in [-0.3, -0.25) is 14.9 Å². The molecule has 0 aliphatic carbocycles. The molecule has 2 aromatic carbocycles. The summed E-state index contributed by atoms with van der Waals surface area (Å²) in [5, 5.41) is 5.63. The summed E-state index contributed by atoms with van der Waals surface area (Å²) in [4.78, 5) is 29.5. The van der Waals surface area contributed by atoms with Gasteiger partial charge in [0.1, 0.15) is 23.9 Å². The molecule has 0 spiro atoms. The summed E-state index contributed by atoms with van der Waals surface area (Å²) in [5.74, 6) is -0.170. The van der Waals surface area contributed by atoms with Crippen LogP contribution in [0.3, 0.4) is 0 Å². The molecule has 1 aromatic heterocycles. The number of rotatable bonds is 4. The van der Waals surface area contributed by atoms with Crippen LogP contribution in [0, 0.1) is 12.7 Å². The van der Waals surface area contributed by atoms with Crippen molar-refractivity contribution in [3.05, 3.63) is 64.4 Å². The highest BCUT2D eigenvalue weighted by Crippen LogP contribution is 2.33. The third kappa shape index (κ3) is 4.19. The van der Waals surface area contributed by atoms with Crippen LogP contribution in [-0.4, -0.2) is 30.0 Å². The van der Waals surface area contributed by atoms with Gasteiger partial charge in [0.15, 0.2) is 16.6 Å². The molecule has 2 amide bonds. The lowest BCUT2D eigenvalue weighted by Crippen LogP contribution is -2.16. The minimum Gasteiger partial charge on any atom is -0.486 e. The predicted molar refractivity (Wildman–Crippen MR) is 107 cm³/mol. The molecule has 1 aliphatic rings.